The van der Waals surface area contributed by atoms with Crippen LogP contribution in [0.25, 0.3) is 16.6 Å². The largest absolute Gasteiger partial charge is 0.305 e. The van der Waals surface area contributed by atoms with Crippen LogP contribution in [0.3, 0.4) is 0 Å². The first-order valence-corrected chi connectivity index (χ1v) is 9.02. The Morgan fingerprint density at radius 3 is 2.36 bits per heavy atom. The molecule has 0 aliphatic carbocycles. The van der Waals surface area contributed by atoms with Gasteiger partial charge in [0.1, 0.15) is 5.82 Å². The Balaban J connectivity index is 1.80. The summed E-state index contributed by atoms with van der Waals surface area (Å²) in [4.78, 5) is 11.5. The highest BCUT2D eigenvalue weighted by molar-refractivity contribution is 5.82. The van der Waals surface area contributed by atoms with Crippen molar-refractivity contribution in [2.75, 3.05) is 0 Å². The first kappa shape index (κ1) is 18.0. The molecule has 0 radical (unpaired) electrons. The van der Waals surface area contributed by atoms with Gasteiger partial charge in [0.2, 0.25) is 0 Å². The quantitative estimate of drug-likeness (QED) is 0.436. The molecule has 3 aromatic carbocycles. The Morgan fingerprint density at radius 2 is 1.68 bits per heavy atom. The minimum Gasteiger partial charge on any atom is -0.261 e. The van der Waals surface area contributed by atoms with E-state index in [2.05, 4.69) is 5.10 Å². The van der Waals surface area contributed by atoms with E-state index in [-0.39, 0.29) is 5.82 Å². The smallest absolute Gasteiger partial charge is 0.261 e. The summed E-state index contributed by atoms with van der Waals surface area (Å²) < 4.78 is 28.5. The summed E-state index contributed by atoms with van der Waals surface area (Å²) in [6, 6.07) is 19.9. The van der Waals surface area contributed by atoms with E-state index < -0.39 is 17.9 Å². The van der Waals surface area contributed by atoms with Crippen LogP contribution >= 0.6 is 0 Å². The molecule has 0 spiro atoms. The molecule has 0 amide bonds. The fraction of sp³-hybridized carbons (Fsp3) is 0.130. The standard InChI is InChI=1S/C23H18F2N2O/c1-15(23(25)28)22(16-5-3-2-4-6-16)17-7-12-21-18(13-17)14-26-27(21)20-10-8-19(24)9-11-20/h2-15,22H,1H3. The SMILES string of the molecule is CC(C(=O)F)C(c1ccccc1)c1ccc2c(cnn2-c2ccc(F)cc2)c1. The zero-order chi connectivity index (χ0) is 19.7. The van der Waals surface area contributed by atoms with E-state index in [4.69, 9.17) is 0 Å². The van der Waals surface area contributed by atoms with Crippen LogP contribution in [0.4, 0.5) is 8.78 Å². The van der Waals surface area contributed by atoms with E-state index in [9.17, 15) is 13.6 Å². The molecule has 2 unspecified atom stereocenters. The van der Waals surface area contributed by atoms with Crippen LogP contribution in [0.1, 0.15) is 24.0 Å². The van der Waals surface area contributed by atoms with Gasteiger partial charge in [-0.2, -0.15) is 9.49 Å². The Hall–Kier alpha value is -3.34. The molecule has 4 rings (SSSR count). The van der Waals surface area contributed by atoms with Crippen LogP contribution < -0.4 is 0 Å². The number of aromatic nitrogens is 2. The van der Waals surface area contributed by atoms with E-state index in [1.165, 1.54) is 12.1 Å². The molecule has 5 heteroatoms. The molecule has 0 fully saturated rings. The molecule has 0 aliphatic rings. The minimum absolute atomic E-state index is 0.307. The van der Waals surface area contributed by atoms with Gasteiger partial charge in [-0.15, -0.1) is 0 Å². The van der Waals surface area contributed by atoms with Crippen molar-refractivity contribution in [2.24, 2.45) is 5.92 Å². The van der Waals surface area contributed by atoms with Gasteiger partial charge in [-0.1, -0.05) is 43.3 Å². The van der Waals surface area contributed by atoms with Crippen molar-refractivity contribution in [2.45, 2.75) is 12.8 Å². The van der Waals surface area contributed by atoms with Gasteiger partial charge in [0.25, 0.3) is 0 Å². The number of benzene rings is 3. The van der Waals surface area contributed by atoms with Gasteiger partial charge in [0, 0.05) is 11.3 Å². The zero-order valence-corrected chi connectivity index (χ0v) is 15.2. The number of carbonyl (C=O) groups excluding carboxylic acids is 1. The topological polar surface area (TPSA) is 34.9 Å². The maximum absolute atomic E-state index is 13.6. The normalized spacial score (nSPS) is 13.4. The predicted molar refractivity (Wildman–Crippen MR) is 105 cm³/mol. The van der Waals surface area contributed by atoms with Crippen molar-refractivity contribution >= 4 is 16.9 Å². The van der Waals surface area contributed by atoms with Gasteiger partial charge >= 0.3 is 6.04 Å². The number of carbonyl (C=O) groups is 1. The lowest BCUT2D eigenvalue weighted by molar-refractivity contribution is -0.133. The lowest BCUT2D eigenvalue weighted by Crippen LogP contribution is -2.17. The predicted octanol–water partition coefficient (Wildman–Crippen LogP) is 5.43. The molecule has 0 saturated carbocycles. The van der Waals surface area contributed by atoms with Crippen LogP contribution in [-0.4, -0.2) is 15.8 Å². The lowest BCUT2D eigenvalue weighted by atomic mass is 9.81. The maximum Gasteiger partial charge on any atom is 0.305 e. The van der Waals surface area contributed by atoms with Crippen molar-refractivity contribution in [3.8, 4) is 5.69 Å². The van der Waals surface area contributed by atoms with Crippen LogP contribution in [-0.2, 0) is 4.79 Å². The van der Waals surface area contributed by atoms with Gasteiger partial charge < -0.3 is 0 Å². The monoisotopic (exact) mass is 376 g/mol. The average molecular weight is 376 g/mol. The lowest BCUT2D eigenvalue weighted by Gasteiger charge is -2.22. The minimum atomic E-state index is -1.34. The second-order valence-electron chi connectivity index (χ2n) is 6.83. The molecule has 0 saturated heterocycles. The zero-order valence-electron chi connectivity index (χ0n) is 15.2. The summed E-state index contributed by atoms with van der Waals surface area (Å²) in [6.45, 7) is 1.60. The third-order valence-corrected chi connectivity index (χ3v) is 5.04. The first-order chi connectivity index (χ1) is 13.5. The fourth-order valence-corrected chi connectivity index (χ4v) is 3.59. The maximum atomic E-state index is 13.6. The Labute approximate surface area is 161 Å². The van der Waals surface area contributed by atoms with Crippen LogP contribution in [0, 0.1) is 11.7 Å². The number of halogens is 2. The van der Waals surface area contributed by atoms with Crippen LogP contribution in [0.2, 0.25) is 0 Å². The number of nitrogens with zero attached hydrogens (tertiary/aromatic N) is 2. The molecule has 0 aliphatic heterocycles. The van der Waals surface area contributed by atoms with E-state index in [0.717, 1.165) is 27.7 Å². The molecule has 1 aromatic heterocycles. The molecule has 140 valence electrons. The van der Waals surface area contributed by atoms with Gasteiger partial charge in [0.15, 0.2) is 0 Å². The molecular formula is C23H18F2N2O. The van der Waals surface area contributed by atoms with Crippen molar-refractivity contribution in [3.63, 3.8) is 0 Å². The van der Waals surface area contributed by atoms with Gasteiger partial charge in [-0.05, 0) is 47.5 Å². The van der Waals surface area contributed by atoms with E-state index in [0.29, 0.717) is 0 Å². The average Bonchev–Trinajstić information content (AvgIpc) is 3.13. The Kier molecular flexibility index (Phi) is 4.74. The first-order valence-electron chi connectivity index (χ1n) is 9.02. The highest BCUT2D eigenvalue weighted by atomic mass is 19.1. The summed E-state index contributed by atoms with van der Waals surface area (Å²) in [6.07, 6.45) is 1.71. The summed E-state index contributed by atoms with van der Waals surface area (Å²) in [5.41, 5.74) is 3.32. The highest BCUT2D eigenvalue weighted by Crippen LogP contribution is 2.34. The van der Waals surface area contributed by atoms with E-state index >= 15 is 0 Å². The highest BCUT2D eigenvalue weighted by Gasteiger charge is 2.27. The van der Waals surface area contributed by atoms with Gasteiger partial charge in [0.05, 0.1) is 23.3 Å². The number of rotatable bonds is 5. The second kappa shape index (κ2) is 7.35. The third-order valence-electron chi connectivity index (χ3n) is 5.04. The molecular weight excluding hydrogens is 358 g/mol. The molecule has 0 N–H and O–H groups in total. The van der Waals surface area contributed by atoms with E-state index in [1.807, 2.05) is 48.5 Å². The van der Waals surface area contributed by atoms with Crippen molar-refractivity contribution in [3.05, 3.63) is 95.9 Å². The van der Waals surface area contributed by atoms with Crippen LogP contribution in [0.5, 0.6) is 0 Å². The molecule has 0 bridgehead atoms. The molecule has 2 atom stereocenters. The Bertz CT molecular complexity index is 1120. The molecule has 4 aromatic rings. The van der Waals surface area contributed by atoms with Gasteiger partial charge in [-0.25, -0.2) is 9.07 Å². The second-order valence-corrected chi connectivity index (χ2v) is 6.83. The van der Waals surface area contributed by atoms with Crippen molar-refractivity contribution in [1.29, 1.82) is 0 Å². The number of hydrogen-bond acceptors (Lipinski definition) is 2. The molecule has 3 nitrogen and oxygen atoms in total. The van der Waals surface area contributed by atoms with Crippen LogP contribution in [0.15, 0.2) is 79.0 Å². The van der Waals surface area contributed by atoms with Crippen molar-refractivity contribution in [1.82, 2.24) is 9.78 Å². The third kappa shape index (κ3) is 3.31. The summed E-state index contributed by atoms with van der Waals surface area (Å²) >= 11 is 0. The van der Waals surface area contributed by atoms with Gasteiger partial charge in [-0.3, -0.25) is 4.79 Å². The Morgan fingerprint density at radius 1 is 0.964 bits per heavy atom. The summed E-state index contributed by atoms with van der Waals surface area (Å²) in [5, 5.41) is 5.26. The van der Waals surface area contributed by atoms with E-state index in [1.54, 1.807) is 29.9 Å². The summed E-state index contributed by atoms with van der Waals surface area (Å²) in [7, 11) is 0. The fourth-order valence-electron chi connectivity index (χ4n) is 3.59. The molecule has 1 heterocycles. The summed E-state index contributed by atoms with van der Waals surface area (Å²) in [5.74, 6) is -1.50. The molecule has 28 heavy (non-hydrogen) atoms. The number of hydrogen-bond donors (Lipinski definition) is 0. The van der Waals surface area contributed by atoms with Crippen molar-refractivity contribution < 1.29 is 13.6 Å². The number of fused-ring (bicyclic) bond motifs is 1.